The van der Waals surface area contributed by atoms with Crippen molar-refractivity contribution in [1.82, 2.24) is 0 Å². The van der Waals surface area contributed by atoms with E-state index < -0.39 is 12.3 Å². The maximum Gasteiger partial charge on any atom is 0.343 e. The van der Waals surface area contributed by atoms with Crippen LogP contribution in [0.25, 0.3) is 0 Å². The van der Waals surface area contributed by atoms with Gasteiger partial charge in [-0.3, -0.25) is 4.79 Å². The van der Waals surface area contributed by atoms with Crippen LogP contribution in [0.5, 0.6) is 11.5 Å². The highest BCUT2D eigenvalue weighted by atomic mass is 16.6. The minimum atomic E-state index is -1.42. The first-order chi connectivity index (χ1) is 8.99. The van der Waals surface area contributed by atoms with Crippen LogP contribution in [0.1, 0.15) is 29.1 Å². The van der Waals surface area contributed by atoms with Gasteiger partial charge in [-0.15, -0.1) is 0 Å². The molecule has 1 aromatic carbocycles. The van der Waals surface area contributed by atoms with Crippen LogP contribution in [0, 0.1) is 0 Å². The number of methoxy groups -OCH3 is 2. The largest absolute Gasteiger partial charge is 0.496 e. The van der Waals surface area contributed by atoms with Crippen molar-refractivity contribution in [3.8, 4) is 11.5 Å². The number of benzene rings is 1. The predicted octanol–water partition coefficient (Wildman–Crippen LogP) is 0.823. The molecule has 7 nitrogen and oxygen atoms in total. The van der Waals surface area contributed by atoms with E-state index in [4.69, 9.17) is 14.2 Å². The van der Waals surface area contributed by atoms with Gasteiger partial charge in [0.2, 0.25) is 12.2 Å². The molecule has 1 aliphatic rings. The average Bonchev–Trinajstić information content (AvgIpc) is 2.65. The Kier molecular flexibility index (Phi) is 3.30. The molecule has 1 aliphatic heterocycles. The van der Waals surface area contributed by atoms with Crippen LogP contribution in [-0.4, -0.2) is 31.2 Å². The van der Waals surface area contributed by atoms with Gasteiger partial charge < -0.3 is 24.6 Å². The molecular weight excluding hydrogens is 254 g/mol. The molecule has 1 amide bonds. The number of aliphatic hydroxyl groups is 1. The molecule has 2 rings (SSSR count). The Morgan fingerprint density at radius 3 is 2.53 bits per heavy atom. The zero-order valence-corrected chi connectivity index (χ0v) is 10.6. The number of fused-ring (bicyclic) bond motifs is 1. The summed E-state index contributed by atoms with van der Waals surface area (Å²) in [5.74, 6) is -0.626. The van der Waals surface area contributed by atoms with E-state index in [2.05, 4.69) is 5.32 Å². The number of cyclic esters (lactones) is 1. The summed E-state index contributed by atoms with van der Waals surface area (Å²) in [4.78, 5) is 23.0. The number of anilines is 1. The van der Waals surface area contributed by atoms with Gasteiger partial charge in [0.05, 0.1) is 25.5 Å². The van der Waals surface area contributed by atoms with Crippen molar-refractivity contribution in [2.75, 3.05) is 19.5 Å². The SMILES string of the molecule is COc1cc(OC)c2c(c1NC(C)=O)C(=O)OC2O. The standard InChI is InChI=1S/C12H13NO6/c1-5(14)13-10-7(18-3)4-6(17-2)8-9(10)12(16)19-11(8)15/h4,11,15H,1-3H3,(H,13,14). The van der Waals surface area contributed by atoms with Gasteiger partial charge in [-0.25, -0.2) is 4.79 Å². The third kappa shape index (κ3) is 2.08. The van der Waals surface area contributed by atoms with Crippen molar-refractivity contribution in [3.63, 3.8) is 0 Å². The molecule has 1 aromatic rings. The number of esters is 1. The van der Waals surface area contributed by atoms with E-state index in [1.165, 1.54) is 27.2 Å². The topological polar surface area (TPSA) is 94.1 Å². The zero-order valence-electron chi connectivity index (χ0n) is 10.6. The number of hydrogen-bond donors (Lipinski definition) is 2. The minimum Gasteiger partial charge on any atom is -0.496 e. The lowest BCUT2D eigenvalue weighted by Crippen LogP contribution is -2.12. The van der Waals surface area contributed by atoms with E-state index in [9.17, 15) is 14.7 Å². The highest BCUT2D eigenvalue weighted by Crippen LogP contribution is 2.45. The average molecular weight is 267 g/mol. The highest BCUT2D eigenvalue weighted by Gasteiger charge is 2.37. The molecule has 7 heteroatoms. The molecule has 1 unspecified atom stereocenters. The van der Waals surface area contributed by atoms with E-state index in [1.54, 1.807) is 0 Å². The van der Waals surface area contributed by atoms with Crippen LogP contribution in [0.2, 0.25) is 0 Å². The zero-order chi connectivity index (χ0) is 14.2. The van der Waals surface area contributed by atoms with Crippen molar-refractivity contribution in [2.24, 2.45) is 0 Å². The van der Waals surface area contributed by atoms with Crippen molar-refractivity contribution in [1.29, 1.82) is 0 Å². The molecule has 0 aliphatic carbocycles. The van der Waals surface area contributed by atoms with Gasteiger partial charge in [-0.2, -0.15) is 0 Å². The first-order valence-electron chi connectivity index (χ1n) is 5.45. The number of carbonyl (C=O) groups excluding carboxylic acids is 2. The smallest absolute Gasteiger partial charge is 0.343 e. The minimum absolute atomic E-state index is 0.0406. The first-order valence-corrected chi connectivity index (χ1v) is 5.45. The Balaban J connectivity index is 2.72. The molecule has 0 saturated heterocycles. The fraction of sp³-hybridized carbons (Fsp3) is 0.333. The molecule has 1 heterocycles. The van der Waals surface area contributed by atoms with E-state index in [0.717, 1.165) is 0 Å². The van der Waals surface area contributed by atoms with E-state index in [-0.39, 0.29) is 34.2 Å². The lowest BCUT2D eigenvalue weighted by atomic mass is 10.0. The Morgan fingerprint density at radius 1 is 1.37 bits per heavy atom. The van der Waals surface area contributed by atoms with E-state index in [1.807, 2.05) is 0 Å². The molecular formula is C12H13NO6. The van der Waals surface area contributed by atoms with Crippen LogP contribution in [0.3, 0.4) is 0 Å². The molecule has 0 fully saturated rings. The van der Waals surface area contributed by atoms with Gasteiger partial charge in [0.15, 0.2) is 0 Å². The number of amides is 1. The lowest BCUT2D eigenvalue weighted by Gasteiger charge is -2.15. The molecule has 1 atom stereocenters. The van der Waals surface area contributed by atoms with Crippen molar-refractivity contribution in [3.05, 3.63) is 17.2 Å². The second-order valence-electron chi connectivity index (χ2n) is 3.88. The third-order valence-corrected chi connectivity index (χ3v) is 2.70. The molecule has 0 spiro atoms. The molecule has 0 saturated carbocycles. The third-order valence-electron chi connectivity index (χ3n) is 2.70. The predicted molar refractivity (Wildman–Crippen MR) is 64.2 cm³/mol. The van der Waals surface area contributed by atoms with Gasteiger partial charge in [0, 0.05) is 13.0 Å². The lowest BCUT2D eigenvalue weighted by molar-refractivity contribution is -0.114. The van der Waals surface area contributed by atoms with E-state index in [0.29, 0.717) is 0 Å². The van der Waals surface area contributed by atoms with Crippen LogP contribution in [0.15, 0.2) is 6.07 Å². The van der Waals surface area contributed by atoms with Crippen LogP contribution in [-0.2, 0) is 9.53 Å². The Bertz CT molecular complexity index is 554. The molecule has 19 heavy (non-hydrogen) atoms. The van der Waals surface area contributed by atoms with Gasteiger partial charge in [-0.05, 0) is 0 Å². The van der Waals surface area contributed by atoms with Crippen LogP contribution >= 0.6 is 0 Å². The second kappa shape index (κ2) is 4.77. The molecule has 0 aromatic heterocycles. The number of ether oxygens (including phenoxy) is 3. The van der Waals surface area contributed by atoms with Gasteiger partial charge in [-0.1, -0.05) is 0 Å². The number of aliphatic hydroxyl groups excluding tert-OH is 1. The molecule has 2 N–H and O–H groups in total. The maximum atomic E-state index is 11.8. The highest BCUT2D eigenvalue weighted by molar-refractivity contribution is 6.06. The fourth-order valence-corrected chi connectivity index (χ4v) is 1.96. The quantitative estimate of drug-likeness (QED) is 0.787. The summed E-state index contributed by atoms with van der Waals surface area (Å²) in [5.41, 5.74) is 0.378. The summed E-state index contributed by atoms with van der Waals surface area (Å²) in [6.07, 6.45) is -1.42. The summed E-state index contributed by atoms with van der Waals surface area (Å²) < 4.78 is 14.9. The summed E-state index contributed by atoms with van der Waals surface area (Å²) >= 11 is 0. The van der Waals surface area contributed by atoms with Crippen molar-refractivity contribution < 1.29 is 28.9 Å². The molecule has 0 radical (unpaired) electrons. The molecule has 102 valence electrons. The van der Waals surface area contributed by atoms with Crippen LogP contribution < -0.4 is 14.8 Å². The van der Waals surface area contributed by atoms with Gasteiger partial charge in [0.25, 0.3) is 0 Å². The Morgan fingerprint density at radius 2 is 2.00 bits per heavy atom. The number of nitrogens with one attached hydrogen (secondary N) is 1. The van der Waals surface area contributed by atoms with Crippen molar-refractivity contribution in [2.45, 2.75) is 13.2 Å². The fourth-order valence-electron chi connectivity index (χ4n) is 1.96. The van der Waals surface area contributed by atoms with Gasteiger partial charge >= 0.3 is 5.97 Å². The number of rotatable bonds is 3. The second-order valence-corrected chi connectivity index (χ2v) is 3.88. The molecule has 0 bridgehead atoms. The normalized spacial score (nSPS) is 16.6. The monoisotopic (exact) mass is 267 g/mol. The van der Waals surface area contributed by atoms with Crippen LogP contribution in [0.4, 0.5) is 5.69 Å². The Labute approximate surface area is 109 Å². The maximum absolute atomic E-state index is 11.8. The number of hydrogen-bond acceptors (Lipinski definition) is 6. The van der Waals surface area contributed by atoms with Crippen molar-refractivity contribution >= 4 is 17.6 Å². The first kappa shape index (κ1) is 13.2. The summed E-state index contributed by atoms with van der Waals surface area (Å²) in [6, 6.07) is 1.47. The summed E-state index contributed by atoms with van der Waals surface area (Å²) in [6.45, 7) is 1.30. The summed E-state index contributed by atoms with van der Waals surface area (Å²) in [7, 11) is 2.78. The number of carbonyl (C=O) groups is 2. The van der Waals surface area contributed by atoms with Gasteiger partial charge in [0.1, 0.15) is 17.1 Å². The van der Waals surface area contributed by atoms with E-state index >= 15 is 0 Å². The Hall–Kier alpha value is -2.28. The summed E-state index contributed by atoms with van der Waals surface area (Å²) in [5, 5.41) is 12.2.